The molecule has 0 spiro atoms. The second-order valence-corrected chi connectivity index (χ2v) is 3.12. The molecule has 10 heavy (non-hydrogen) atoms. The van der Waals surface area contributed by atoms with Gasteiger partial charge < -0.3 is 0 Å². The first-order valence-electron chi connectivity index (χ1n) is 2.83. The molecule has 0 aromatic carbocycles. The molecule has 0 aromatic rings. The highest BCUT2D eigenvalue weighted by Gasteiger charge is 1.95. The fraction of sp³-hybridized carbons (Fsp3) is 0.500. The summed E-state index contributed by atoms with van der Waals surface area (Å²) in [5, 5.41) is 2.69. The minimum Gasteiger partial charge on any atom is -0.253 e. The maximum Gasteiger partial charge on any atom is 0.133 e. The van der Waals surface area contributed by atoms with E-state index in [-0.39, 0.29) is 0 Å². The van der Waals surface area contributed by atoms with E-state index in [9.17, 15) is 4.21 Å². The number of allylic oxidation sites excluding steroid dienone is 1. The summed E-state index contributed by atoms with van der Waals surface area (Å²) in [7, 11) is -1.04. The van der Waals surface area contributed by atoms with Crippen molar-refractivity contribution in [2.45, 2.75) is 13.3 Å². The van der Waals surface area contributed by atoms with Gasteiger partial charge in [-0.2, -0.15) is 4.99 Å². The summed E-state index contributed by atoms with van der Waals surface area (Å²) >= 11 is 4.37. The molecular weight excluding hydrogens is 166 g/mol. The van der Waals surface area contributed by atoms with Crippen molar-refractivity contribution in [1.29, 1.82) is 0 Å². The first kappa shape index (κ1) is 9.69. The van der Waals surface area contributed by atoms with Crippen molar-refractivity contribution in [2.75, 3.05) is 6.26 Å². The smallest absolute Gasteiger partial charge is 0.133 e. The fourth-order valence-corrected chi connectivity index (χ4v) is 1.18. The van der Waals surface area contributed by atoms with Crippen LogP contribution in [0.2, 0.25) is 0 Å². The van der Waals surface area contributed by atoms with Gasteiger partial charge in [-0.05, 0) is 24.7 Å². The average molecular weight is 175 g/mol. The summed E-state index contributed by atoms with van der Waals surface area (Å²) < 4.78 is 10.8. The summed E-state index contributed by atoms with van der Waals surface area (Å²) in [5.74, 6) is 0. The van der Waals surface area contributed by atoms with Gasteiger partial charge in [-0.3, -0.25) is 4.21 Å². The van der Waals surface area contributed by atoms with Gasteiger partial charge in [0.25, 0.3) is 0 Å². The summed E-state index contributed by atoms with van der Waals surface area (Å²) in [5.41, 5.74) is 0. The predicted molar refractivity (Wildman–Crippen MR) is 47.5 cm³/mol. The molecule has 0 aliphatic heterocycles. The zero-order valence-corrected chi connectivity index (χ0v) is 7.59. The van der Waals surface area contributed by atoms with E-state index >= 15 is 0 Å². The molecule has 0 aliphatic rings. The second kappa shape index (κ2) is 5.47. The fourth-order valence-electron chi connectivity index (χ4n) is 0.447. The summed E-state index contributed by atoms with van der Waals surface area (Å²) in [4.78, 5) is 3.64. The number of rotatable bonds is 3. The highest BCUT2D eigenvalue weighted by molar-refractivity contribution is 7.88. The SMILES string of the molecule is CCC=C(N=C=S)S(C)=O. The molecule has 0 aliphatic carbocycles. The minimum atomic E-state index is -1.04. The molecule has 1 atom stereocenters. The van der Waals surface area contributed by atoms with Gasteiger partial charge in [-0.25, -0.2) is 0 Å². The van der Waals surface area contributed by atoms with E-state index < -0.39 is 10.8 Å². The summed E-state index contributed by atoms with van der Waals surface area (Å²) in [6.07, 6.45) is 4.16. The lowest BCUT2D eigenvalue weighted by molar-refractivity contribution is 0.690. The molecule has 0 rings (SSSR count). The Morgan fingerprint density at radius 1 is 1.90 bits per heavy atom. The van der Waals surface area contributed by atoms with Crippen LogP contribution in [-0.4, -0.2) is 15.6 Å². The Morgan fingerprint density at radius 2 is 2.50 bits per heavy atom. The molecule has 4 heteroatoms. The lowest BCUT2D eigenvalue weighted by atomic mass is 10.5. The van der Waals surface area contributed by atoms with Crippen molar-refractivity contribution < 1.29 is 4.21 Å². The van der Waals surface area contributed by atoms with Gasteiger partial charge in [0.2, 0.25) is 0 Å². The highest BCUT2D eigenvalue weighted by atomic mass is 32.2. The molecular formula is C6H9NOS2. The van der Waals surface area contributed by atoms with Gasteiger partial charge in [0.15, 0.2) is 0 Å². The van der Waals surface area contributed by atoms with Crippen LogP contribution in [0.5, 0.6) is 0 Å². The highest BCUT2D eigenvalue weighted by Crippen LogP contribution is 2.01. The van der Waals surface area contributed by atoms with Crippen LogP contribution >= 0.6 is 12.2 Å². The zero-order chi connectivity index (χ0) is 7.98. The van der Waals surface area contributed by atoms with Crippen LogP contribution in [0.3, 0.4) is 0 Å². The van der Waals surface area contributed by atoms with E-state index in [1.54, 1.807) is 12.3 Å². The van der Waals surface area contributed by atoms with Crippen molar-refractivity contribution >= 4 is 28.2 Å². The molecule has 0 radical (unpaired) electrons. The Morgan fingerprint density at radius 3 is 2.80 bits per heavy atom. The van der Waals surface area contributed by atoms with Gasteiger partial charge in [-0.1, -0.05) is 6.92 Å². The van der Waals surface area contributed by atoms with Crippen LogP contribution in [0.25, 0.3) is 0 Å². The Labute approximate surface area is 68.5 Å². The maximum atomic E-state index is 10.8. The van der Waals surface area contributed by atoms with E-state index in [0.717, 1.165) is 6.42 Å². The zero-order valence-electron chi connectivity index (χ0n) is 5.96. The third kappa shape index (κ3) is 3.67. The molecule has 0 bridgehead atoms. The Hall–Kier alpha value is -0.310. The molecule has 0 amide bonds. The molecule has 0 fully saturated rings. The van der Waals surface area contributed by atoms with Gasteiger partial charge in [0.1, 0.15) is 5.03 Å². The van der Waals surface area contributed by atoms with Crippen molar-refractivity contribution in [3.8, 4) is 0 Å². The topological polar surface area (TPSA) is 29.4 Å². The first-order valence-corrected chi connectivity index (χ1v) is 4.80. The maximum absolute atomic E-state index is 10.8. The Balaban J connectivity index is 4.41. The van der Waals surface area contributed by atoms with Crippen LogP contribution in [0.4, 0.5) is 0 Å². The van der Waals surface area contributed by atoms with Gasteiger partial charge in [0, 0.05) is 6.26 Å². The molecule has 0 heterocycles. The van der Waals surface area contributed by atoms with Crippen molar-refractivity contribution in [1.82, 2.24) is 0 Å². The van der Waals surface area contributed by atoms with Gasteiger partial charge in [-0.15, -0.1) is 0 Å². The third-order valence-electron chi connectivity index (χ3n) is 0.829. The predicted octanol–water partition coefficient (Wildman–Crippen LogP) is 1.72. The van der Waals surface area contributed by atoms with E-state index in [2.05, 4.69) is 22.4 Å². The number of thiocarbonyl (C=S) groups is 1. The molecule has 2 nitrogen and oxygen atoms in total. The largest absolute Gasteiger partial charge is 0.253 e. The molecule has 0 saturated heterocycles. The van der Waals surface area contributed by atoms with E-state index in [1.807, 2.05) is 6.92 Å². The van der Waals surface area contributed by atoms with Crippen molar-refractivity contribution in [2.24, 2.45) is 4.99 Å². The third-order valence-corrected chi connectivity index (χ3v) is 1.77. The molecule has 0 aromatic heterocycles. The van der Waals surface area contributed by atoms with Gasteiger partial charge >= 0.3 is 0 Å². The Kier molecular flexibility index (Phi) is 5.30. The van der Waals surface area contributed by atoms with Crippen LogP contribution in [0.1, 0.15) is 13.3 Å². The molecule has 0 saturated carbocycles. The molecule has 1 unspecified atom stereocenters. The van der Waals surface area contributed by atoms with Crippen LogP contribution in [0, 0.1) is 0 Å². The number of hydrogen-bond acceptors (Lipinski definition) is 3. The standard InChI is InChI=1S/C6H9NOS2/c1-3-4-6(7-5-9)10(2)8/h4H,3H2,1-2H3. The van der Waals surface area contributed by atoms with E-state index in [0.29, 0.717) is 5.03 Å². The number of hydrogen-bond donors (Lipinski definition) is 0. The molecule has 56 valence electrons. The van der Waals surface area contributed by atoms with Crippen LogP contribution in [0.15, 0.2) is 16.1 Å². The lowest BCUT2D eigenvalue weighted by Gasteiger charge is -1.90. The second-order valence-electron chi connectivity index (χ2n) is 1.61. The van der Waals surface area contributed by atoms with Crippen molar-refractivity contribution in [3.05, 3.63) is 11.1 Å². The van der Waals surface area contributed by atoms with Crippen LogP contribution < -0.4 is 0 Å². The number of aliphatic imine (C=N–C) groups is 1. The van der Waals surface area contributed by atoms with Gasteiger partial charge in [0.05, 0.1) is 16.0 Å². The quantitative estimate of drug-likeness (QED) is 0.483. The summed E-state index contributed by atoms with van der Waals surface area (Å²) in [6, 6.07) is 0. The van der Waals surface area contributed by atoms with Crippen LogP contribution in [-0.2, 0) is 10.8 Å². The van der Waals surface area contributed by atoms with Crippen molar-refractivity contribution in [3.63, 3.8) is 0 Å². The first-order chi connectivity index (χ1) is 4.72. The number of isothiocyanates is 1. The lowest BCUT2D eigenvalue weighted by Crippen LogP contribution is -1.87. The van der Waals surface area contributed by atoms with E-state index in [4.69, 9.17) is 0 Å². The monoisotopic (exact) mass is 175 g/mol. The average Bonchev–Trinajstić information content (AvgIpc) is 1.87. The number of nitrogens with zero attached hydrogens (tertiary/aromatic N) is 1. The van der Waals surface area contributed by atoms with E-state index in [1.165, 1.54) is 0 Å². The normalized spacial score (nSPS) is 14.0. The Bertz CT molecular complexity index is 200. The minimum absolute atomic E-state index is 0.512. The molecule has 0 N–H and O–H groups in total. The summed E-state index contributed by atoms with van der Waals surface area (Å²) in [6.45, 7) is 1.95.